The maximum atomic E-state index is 13.2. The molecule has 2 saturated heterocycles. The van der Waals surface area contributed by atoms with Crippen molar-refractivity contribution in [2.45, 2.75) is 38.0 Å². The number of rotatable bonds is 6. The number of thiophene rings is 1. The Morgan fingerprint density at radius 3 is 2.45 bits per heavy atom. The van der Waals surface area contributed by atoms with Crippen LogP contribution in [0.5, 0.6) is 0 Å². The molecule has 1 aromatic carbocycles. The number of amides is 2. The molecule has 152 valence electrons. The van der Waals surface area contributed by atoms with Gasteiger partial charge in [-0.3, -0.25) is 9.69 Å². The molecule has 4 rings (SSSR count). The van der Waals surface area contributed by atoms with Gasteiger partial charge in [-0.2, -0.15) is 0 Å². The number of hydrogen-bond donors (Lipinski definition) is 1. The van der Waals surface area contributed by atoms with Crippen molar-refractivity contribution in [3.63, 3.8) is 0 Å². The van der Waals surface area contributed by atoms with Crippen LogP contribution in [0, 0.1) is 5.92 Å². The number of carboxylic acids is 1. The molecule has 0 unspecified atom stereocenters. The number of ether oxygens (including phenoxy) is 1. The van der Waals surface area contributed by atoms with Crippen LogP contribution in [0.4, 0.5) is 4.79 Å². The molecule has 1 aromatic heterocycles. The molecule has 8 heteroatoms. The van der Waals surface area contributed by atoms with E-state index in [2.05, 4.69) is 0 Å². The van der Waals surface area contributed by atoms with Crippen molar-refractivity contribution >= 4 is 29.3 Å². The first-order valence-electron chi connectivity index (χ1n) is 9.50. The number of aliphatic carboxylic acids is 1. The van der Waals surface area contributed by atoms with Crippen molar-refractivity contribution in [2.75, 3.05) is 6.61 Å². The Hall–Kier alpha value is -2.87. The van der Waals surface area contributed by atoms with Crippen LogP contribution < -0.4 is 0 Å². The number of benzene rings is 1. The molecule has 1 N–H and O–H groups in total. The van der Waals surface area contributed by atoms with Gasteiger partial charge in [0.15, 0.2) is 0 Å². The van der Waals surface area contributed by atoms with E-state index in [1.54, 1.807) is 13.8 Å². The van der Waals surface area contributed by atoms with Crippen molar-refractivity contribution in [1.29, 1.82) is 0 Å². The molecule has 2 aliphatic rings. The lowest BCUT2D eigenvalue weighted by Crippen LogP contribution is -2.70. The molecule has 4 atom stereocenters. The normalized spacial score (nSPS) is 25.1. The Balaban J connectivity index is 1.73. The zero-order valence-electron chi connectivity index (χ0n) is 16.1. The number of likely N-dealkylation sites (tertiary alicyclic amines) is 1. The molecule has 2 aromatic rings. The highest BCUT2D eigenvalue weighted by molar-refractivity contribution is 7.10. The highest BCUT2D eigenvalue weighted by Gasteiger charge is 2.60. The zero-order chi connectivity index (χ0) is 20.7. The Bertz CT molecular complexity index is 914. The first-order valence-corrected chi connectivity index (χ1v) is 10.4. The van der Waals surface area contributed by atoms with Crippen molar-refractivity contribution in [3.05, 3.63) is 58.3 Å². The number of cyclic esters (lactones) is 1. The predicted molar refractivity (Wildman–Crippen MR) is 106 cm³/mol. The van der Waals surface area contributed by atoms with Gasteiger partial charge in [0.1, 0.15) is 18.7 Å². The lowest BCUT2D eigenvalue weighted by atomic mass is 9.85. The van der Waals surface area contributed by atoms with E-state index >= 15 is 0 Å². The molecule has 3 heterocycles. The van der Waals surface area contributed by atoms with Gasteiger partial charge in [0, 0.05) is 4.88 Å². The number of carbonyl (C=O) groups is 3. The number of β-lactam (4-membered cyclic amide) rings is 1. The van der Waals surface area contributed by atoms with Gasteiger partial charge < -0.3 is 14.7 Å². The number of carboxylic acid groups (broad SMARTS) is 1. The molecule has 0 bridgehead atoms. The van der Waals surface area contributed by atoms with Crippen LogP contribution >= 0.6 is 11.3 Å². The second-order valence-corrected chi connectivity index (χ2v) is 8.57. The first kappa shape index (κ1) is 19.4. The Kier molecular flexibility index (Phi) is 5.04. The summed E-state index contributed by atoms with van der Waals surface area (Å²) in [6, 6.07) is 10.5. The third kappa shape index (κ3) is 3.17. The summed E-state index contributed by atoms with van der Waals surface area (Å²) in [4.78, 5) is 41.5. The molecule has 0 spiro atoms. The Morgan fingerprint density at radius 1 is 1.14 bits per heavy atom. The van der Waals surface area contributed by atoms with Gasteiger partial charge in [0.2, 0.25) is 5.91 Å². The summed E-state index contributed by atoms with van der Waals surface area (Å²) in [7, 11) is 0. The minimum atomic E-state index is -1.04. The monoisotopic (exact) mass is 414 g/mol. The number of nitrogens with zero attached hydrogens (tertiary/aromatic N) is 2. The molecule has 2 amide bonds. The third-order valence-corrected chi connectivity index (χ3v) is 6.46. The van der Waals surface area contributed by atoms with E-state index in [0.29, 0.717) is 0 Å². The van der Waals surface area contributed by atoms with Gasteiger partial charge >= 0.3 is 12.1 Å². The van der Waals surface area contributed by atoms with Crippen LogP contribution in [0.1, 0.15) is 36.4 Å². The Morgan fingerprint density at radius 2 is 1.86 bits per heavy atom. The van der Waals surface area contributed by atoms with Crippen LogP contribution in [0.25, 0.3) is 0 Å². The largest absolute Gasteiger partial charge is 0.480 e. The van der Waals surface area contributed by atoms with Gasteiger partial charge in [-0.15, -0.1) is 11.3 Å². The van der Waals surface area contributed by atoms with Crippen molar-refractivity contribution in [2.24, 2.45) is 5.92 Å². The first-order chi connectivity index (χ1) is 13.9. The summed E-state index contributed by atoms with van der Waals surface area (Å²) in [6.45, 7) is 3.72. The van der Waals surface area contributed by atoms with Crippen LogP contribution in [-0.2, 0) is 14.3 Å². The van der Waals surface area contributed by atoms with Gasteiger partial charge in [0.25, 0.3) is 0 Å². The van der Waals surface area contributed by atoms with Crippen molar-refractivity contribution in [3.8, 4) is 0 Å². The van der Waals surface area contributed by atoms with Gasteiger partial charge in [-0.05, 0) is 22.9 Å². The van der Waals surface area contributed by atoms with Crippen LogP contribution in [0.2, 0.25) is 0 Å². The van der Waals surface area contributed by atoms with Crippen molar-refractivity contribution < 1.29 is 24.2 Å². The fraction of sp³-hybridized carbons (Fsp3) is 0.381. The van der Waals surface area contributed by atoms with E-state index < -0.39 is 30.2 Å². The van der Waals surface area contributed by atoms with Gasteiger partial charge in [-0.25, -0.2) is 9.59 Å². The molecule has 2 aliphatic heterocycles. The maximum Gasteiger partial charge on any atom is 0.411 e. The molecule has 29 heavy (non-hydrogen) atoms. The highest BCUT2D eigenvalue weighted by atomic mass is 32.1. The quantitative estimate of drug-likeness (QED) is 0.733. The van der Waals surface area contributed by atoms with Gasteiger partial charge in [-0.1, -0.05) is 50.2 Å². The maximum absolute atomic E-state index is 13.2. The second-order valence-electron chi connectivity index (χ2n) is 7.59. The van der Waals surface area contributed by atoms with Crippen LogP contribution in [0.3, 0.4) is 0 Å². The molecule has 7 nitrogen and oxygen atoms in total. The van der Waals surface area contributed by atoms with Crippen molar-refractivity contribution in [1.82, 2.24) is 9.80 Å². The molecule has 0 aliphatic carbocycles. The summed E-state index contributed by atoms with van der Waals surface area (Å²) < 4.78 is 5.30. The predicted octanol–water partition coefficient (Wildman–Crippen LogP) is 3.30. The summed E-state index contributed by atoms with van der Waals surface area (Å²) in [5.41, 5.74) is 0.883. The van der Waals surface area contributed by atoms with E-state index in [0.717, 1.165) is 10.4 Å². The average molecular weight is 414 g/mol. The highest BCUT2D eigenvalue weighted by Crippen LogP contribution is 2.46. The smallest absolute Gasteiger partial charge is 0.411 e. The fourth-order valence-electron chi connectivity index (χ4n) is 4.23. The van der Waals surface area contributed by atoms with E-state index in [-0.39, 0.29) is 24.5 Å². The zero-order valence-corrected chi connectivity index (χ0v) is 16.9. The van der Waals surface area contributed by atoms with Crippen LogP contribution in [0.15, 0.2) is 47.8 Å². The SMILES string of the molecule is CC(C)[C@@H](C(=O)O)N1C(=O)[C@H](N2C(=O)OC[C@@H]2c2ccccc2)[C@@H]1c1cccs1. The number of hydrogen-bond acceptors (Lipinski definition) is 5. The summed E-state index contributed by atoms with van der Waals surface area (Å²) in [6.07, 6.45) is -0.546. The lowest BCUT2D eigenvalue weighted by Gasteiger charge is -2.53. The topological polar surface area (TPSA) is 87.2 Å². The standard InChI is InChI=1S/C21H22N2O5S/c1-12(2)16(20(25)26)23-17(15-9-6-10-29-15)18(19(23)24)22-14(11-28-21(22)27)13-7-4-3-5-8-13/h3-10,12,14,16-18H,11H2,1-2H3,(H,25,26)/t14-,16+,17+,18-/m1/s1. The third-order valence-electron chi connectivity index (χ3n) is 5.52. The van der Waals surface area contributed by atoms with E-state index in [1.165, 1.54) is 21.1 Å². The second kappa shape index (κ2) is 7.51. The minimum absolute atomic E-state index is 0.163. The summed E-state index contributed by atoms with van der Waals surface area (Å²) in [5, 5.41) is 11.6. The fourth-order valence-corrected chi connectivity index (χ4v) is 5.08. The Labute approximate surface area is 172 Å². The molecule has 2 fully saturated rings. The average Bonchev–Trinajstić information content (AvgIpc) is 3.34. The molecular weight excluding hydrogens is 392 g/mol. The molecule has 0 radical (unpaired) electrons. The van der Waals surface area contributed by atoms with E-state index in [4.69, 9.17) is 4.74 Å². The minimum Gasteiger partial charge on any atom is -0.480 e. The van der Waals surface area contributed by atoms with E-state index in [1.807, 2.05) is 47.8 Å². The lowest BCUT2D eigenvalue weighted by molar-refractivity contribution is -0.174. The summed E-state index contributed by atoms with van der Waals surface area (Å²) >= 11 is 1.45. The number of carbonyl (C=O) groups excluding carboxylic acids is 2. The van der Waals surface area contributed by atoms with Crippen LogP contribution in [-0.4, -0.2) is 51.6 Å². The summed E-state index contributed by atoms with van der Waals surface area (Å²) in [5.74, 6) is -1.67. The van der Waals surface area contributed by atoms with E-state index in [9.17, 15) is 19.5 Å². The molecular formula is C21H22N2O5S. The molecule has 0 saturated carbocycles. The van der Waals surface area contributed by atoms with Gasteiger partial charge in [0.05, 0.1) is 12.1 Å².